The fourth-order valence-electron chi connectivity index (χ4n) is 2.35. The summed E-state index contributed by atoms with van der Waals surface area (Å²) in [6.07, 6.45) is -3.52. The summed E-state index contributed by atoms with van der Waals surface area (Å²) in [6, 6.07) is 13.8. The van der Waals surface area contributed by atoms with Crippen LogP contribution < -0.4 is 0 Å². The molecule has 2 aromatic rings. The number of benzene rings is 2. The summed E-state index contributed by atoms with van der Waals surface area (Å²) in [5.74, 6) is -0.805. The number of allylic oxidation sites excluding steroid dienone is 1. The van der Waals surface area contributed by atoms with E-state index < -0.39 is 24.0 Å². The summed E-state index contributed by atoms with van der Waals surface area (Å²) in [4.78, 5) is 12.0. The minimum atomic E-state index is -4.96. The Hall–Kier alpha value is -2.40. The van der Waals surface area contributed by atoms with Crippen LogP contribution in [0.1, 0.15) is 23.1 Å². The van der Waals surface area contributed by atoms with Crippen molar-refractivity contribution in [3.05, 3.63) is 77.4 Å². The lowest BCUT2D eigenvalue weighted by Crippen LogP contribution is -2.43. The second-order valence-electron chi connectivity index (χ2n) is 5.61. The number of halogens is 3. The van der Waals surface area contributed by atoms with Crippen molar-refractivity contribution in [2.24, 2.45) is 0 Å². The maximum absolute atomic E-state index is 13.3. The number of carbonyl (C=O) groups excluding carboxylic acids is 1. The van der Waals surface area contributed by atoms with Gasteiger partial charge in [0.1, 0.15) is 0 Å². The largest absolute Gasteiger partial charge is 0.421 e. The molecule has 126 valence electrons. The number of alkyl halides is 3. The molecule has 5 heteroatoms. The second kappa shape index (κ2) is 7.01. The van der Waals surface area contributed by atoms with Gasteiger partial charge in [0.05, 0.1) is 6.42 Å². The van der Waals surface area contributed by atoms with Gasteiger partial charge in [-0.25, -0.2) is 0 Å². The van der Waals surface area contributed by atoms with Gasteiger partial charge < -0.3 is 5.11 Å². The molecule has 2 rings (SSSR count). The standard InChI is InChI=1S/C19H17F3O2/c1-14-6-5-7-15(12-14)10-11-17(23)13-18(24,19(20,21)22)16-8-3-2-4-9-16/h2-12,24H,13H2,1H3/b11-10+/t18-/m1/s1. The topological polar surface area (TPSA) is 37.3 Å². The molecule has 0 aliphatic heterocycles. The number of hydrogen-bond acceptors (Lipinski definition) is 2. The molecule has 0 fully saturated rings. The second-order valence-corrected chi connectivity index (χ2v) is 5.61. The van der Waals surface area contributed by atoms with Gasteiger partial charge in [-0.15, -0.1) is 0 Å². The third-order valence-corrected chi connectivity index (χ3v) is 3.65. The number of rotatable bonds is 5. The Morgan fingerprint density at radius 2 is 1.75 bits per heavy atom. The molecule has 0 aliphatic carbocycles. The number of aliphatic hydroxyl groups is 1. The molecule has 0 radical (unpaired) electrons. The van der Waals surface area contributed by atoms with Gasteiger partial charge >= 0.3 is 6.18 Å². The van der Waals surface area contributed by atoms with E-state index in [1.54, 1.807) is 24.3 Å². The molecule has 1 atom stereocenters. The third kappa shape index (κ3) is 4.11. The lowest BCUT2D eigenvalue weighted by molar-refractivity contribution is -0.266. The van der Waals surface area contributed by atoms with Crippen molar-refractivity contribution >= 4 is 11.9 Å². The van der Waals surface area contributed by atoms with Crippen LogP contribution in [-0.2, 0) is 10.4 Å². The van der Waals surface area contributed by atoms with Gasteiger partial charge in [-0.05, 0) is 24.1 Å². The van der Waals surface area contributed by atoms with Gasteiger partial charge in [-0.2, -0.15) is 13.2 Å². The van der Waals surface area contributed by atoms with Gasteiger partial charge in [0, 0.05) is 0 Å². The summed E-state index contributed by atoms with van der Waals surface area (Å²) >= 11 is 0. The first-order valence-corrected chi connectivity index (χ1v) is 7.34. The monoisotopic (exact) mass is 334 g/mol. The molecule has 0 aliphatic rings. The first-order chi connectivity index (χ1) is 11.2. The molecule has 0 heterocycles. The summed E-state index contributed by atoms with van der Waals surface area (Å²) in [7, 11) is 0. The van der Waals surface area contributed by atoms with E-state index in [9.17, 15) is 23.1 Å². The van der Waals surface area contributed by atoms with Gasteiger partial charge in [-0.1, -0.05) is 66.2 Å². The Balaban J connectivity index is 2.23. The van der Waals surface area contributed by atoms with Gasteiger partial charge in [0.15, 0.2) is 11.4 Å². The zero-order chi connectivity index (χ0) is 17.8. The fraction of sp³-hybridized carbons (Fsp3) is 0.211. The first-order valence-electron chi connectivity index (χ1n) is 7.34. The zero-order valence-electron chi connectivity index (χ0n) is 13.0. The Morgan fingerprint density at radius 1 is 1.08 bits per heavy atom. The zero-order valence-corrected chi connectivity index (χ0v) is 13.0. The normalized spacial score (nSPS) is 14.5. The molecule has 0 bridgehead atoms. The Labute approximate surface area is 138 Å². The molecule has 2 aromatic carbocycles. The minimum absolute atomic E-state index is 0.352. The molecule has 2 nitrogen and oxygen atoms in total. The van der Waals surface area contributed by atoms with E-state index in [0.29, 0.717) is 5.56 Å². The van der Waals surface area contributed by atoms with Crippen LogP contribution in [0.25, 0.3) is 6.08 Å². The number of ketones is 1. The lowest BCUT2D eigenvalue weighted by atomic mass is 9.87. The Kier molecular flexibility index (Phi) is 5.24. The highest BCUT2D eigenvalue weighted by atomic mass is 19.4. The molecule has 0 saturated carbocycles. The predicted molar refractivity (Wildman–Crippen MR) is 86.2 cm³/mol. The highest BCUT2D eigenvalue weighted by Gasteiger charge is 2.55. The number of hydrogen-bond donors (Lipinski definition) is 1. The van der Waals surface area contributed by atoms with Crippen LogP contribution in [0.3, 0.4) is 0 Å². The van der Waals surface area contributed by atoms with Crippen LogP contribution in [0.15, 0.2) is 60.7 Å². The highest BCUT2D eigenvalue weighted by molar-refractivity contribution is 5.94. The van der Waals surface area contributed by atoms with E-state index in [1.165, 1.54) is 18.2 Å². The predicted octanol–water partition coefficient (Wildman–Crippen LogP) is 4.42. The molecular weight excluding hydrogens is 317 g/mol. The van der Waals surface area contributed by atoms with Crippen molar-refractivity contribution in [2.75, 3.05) is 0 Å². The SMILES string of the molecule is Cc1cccc(/C=C/C(=O)C[C@@](O)(c2ccccc2)C(F)(F)F)c1. The number of aryl methyl sites for hydroxylation is 1. The van der Waals surface area contributed by atoms with Crippen molar-refractivity contribution in [2.45, 2.75) is 25.1 Å². The molecule has 0 amide bonds. The van der Waals surface area contributed by atoms with E-state index in [-0.39, 0.29) is 5.56 Å². The van der Waals surface area contributed by atoms with Crippen LogP contribution in [0.5, 0.6) is 0 Å². The van der Waals surface area contributed by atoms with E-state index in [4.69, 9.17) is 0 Å². The molecule has 1 N–H and O–H groups in total. The van der Waals surface area contributed by atoms with E-state index in [2.05, 4.69) is 0 Å². The molecule has 0 spiro atoms. The lowest BCUT2D eigenvalue weighted by Gasteiger charge is -2.30. The maximum Gasteiger partial charge on any atom is 0.421 e. The smallest absolute Gasteiger partial charge is 0.376 e. The molecule has 0 saturated heterocycles. The molecule has 0 aromatic heterocycles. The quantitative estimate of drug-likeness (QED) is 0.822. The van der Waals surface area contributed by atoms with Gasteiger partial charge in [0.25, 0.3) is 0 Å². The van der Waals surface area contributed by atoms with Crippen molar-refractivity contribution in [3.8, 4) is 0 Å². The first kappa shape index (κ1) is 17.9. The summed E-state index contributed by atoms with van der Waals surface area (Å²) in [5, 5.41) is 10.2. The number of carbonyl (C=O) groups is 1. The van der Waals surface area contributed by atoms with E-state index >= 15 is 0 Å². The molecule has 24 heavy (non-hydrogen) atoms. The van der Waals surface area contributed by atoms with Crippen LogP contribution in [-0.4, -0.2) is 17.1 Å². The van der Waals surface area contributed by atoms with Gasteiger partial charge in [-0.3, -0.25) is 4.79 Å². The minimum Gasteiger partial charge on any atom is -0.376 e. The summed E-state index contributed by atoms with van der Waals surface area (Å²) in [6.45, 7) is 1.87. The van der Waals surface area contributed by atoms with E-state index in [1.807, 2.05) is 13.0 Å². The van der Waals surface area contributed by atoms with Crippen molar-refractivity contribution in [3.63, 3.8) is 0 Å². The van der Waals surface area contributed by atoms with Crippen LogP contribution >= 0.6 is 0 Å². The summed E-state index contributed by atoms with van der Waals surface area (Å²) in [5.41, 5.74) is -1.88. The third-order valence-electron chi connectivity index (χ3n) is 3.65. The summed E-state index contributed by atoms with van der Waals surface area (Å²) < 4.78 is 40.0. The average Bonchev–Trinajstić information content (AvgIpc) is 2.53. The van der Waals surface area contributed by atoms with Crippen LogP contribution in [0.4, 0.5) is 13.2 Å². The molecule has 0 unspecified atom stereocenters. The van der Waals surface area contributed by atoms with E-state index in [0.717, 1.165) is 23.8 Å². The highest BCUT2D eigenvalue weighted by Crippen LogP contribution is 2.41. The van der Waals surface area contributed by atoms with Crippen LogP contribution in [0.2, 0.25) is 0 Å². The Bertz CT molecular complexity index is 736. The average molecular weight is 334 g/mol. The van der Waals surface area contributed by atoms with Crippen molar-refractivity contribution in [1.82, 2.24) is 0 Å². The van der Waals surface area contributed by atoms with Crippen LogP contribution in [0, 0.1) is 6.92 Å². The van der Waals surface area contributed by atoms with Gasteiger partial charge in [0.2, 0.25) is 0 Å². The maximum atomic E-state index is 13.3. The Morgan fingerprint density at radius 3 is 2.33 bits per heavy atom. The van der Waals surface area contributed by atoms with Crippen molar-refractivity contribution in [1.29, 1.82) is 0 Å². The molecular formula is C19H17F3O2. The fourth-order valence-corrected chi connectivity index (χ4v) is 2.35. The van der Waals surface area contributed by atoms with Crippen molar-refractivity contribution < 1.29 is 23.1 Å².